The maximum atomic E-state index is 2.35. The molecule has 0 unspecified atom stereocenters. The standard InChI is InChI=1S/C24H24/c1-23(2,3)17-24(18-11-5-4-6-12-18)21-15-9-7-13-19(21)20-14-8-10-16-22(20)24/h4-16H,17H2,1-3H3. The van der Waals surface area contributed by atoms with Crippen LogP contribution in [-0.4, -0.2) is 0 Å². The Labute approximate surface area is 145 Å². The lowest BCUT2D eigenvalue weighted by atomic mass is 9.64. The van der Waals surface area contributed by atoms with E-state index in [1.807, 2.05) is 0 Å². The van der Waals surface area contributed by atoms with E-state index in [9.17, 15) is 0 Å². The zero-order valence-corrected chi connectivity index (χ0v) is 14.7. The highest BCUT2D eigenvalue weighted by Gasteiger charge is 2.46. The maximum Gasteiger partial charge on any atom is 0.0468 e. The van der Waals surface area contributed by atoms with Crippen molar-refractivity contribution in [2.75, 3.05) is 0 Å². The first-order valence-corrected chi connectivity index (χ1v) is 8.77. The Morgan fingerprint density at radius 3 is 1.58 bits per heavy atom. The van der Waals surface area contributed by atoms with Crippen LogP contribution in [-0.2, 0) is 5.41 Å². The highest BCUT2D eigenvalue weighted by Crippen LogP contribution is 2.56. The van der Waals surface area contributed by atoms with Gasteiger partial charge < -0.3 is 0 Å². The van der Waals surface area contributed by atoms with E-state index in [4.69, 9.17) is 0 Å². The van der Waals surface area contributed by atoms with Gasteiger partial charge in [0.15, 0.2) is 0 Å². The average molecular weight is 312 g/mol. The van der Waals surface area contributed by atoms with Crippen molar-refractivity contribution in [1.29, 1.82) is 0 Å². The number of fused-ring (bicyclic) bond motifs is 3. The molecule has 1 aliphatic rings. The minimum absolute atomic E-state index is 0.0628. The van der Waals surface area contributed by atoms with Gasteiger partial charge >= 0.3 is 0 Å². The number of hydrogen-bond donors (Lipinski definition) is 0. The van der Waals surface area contributed by atoms with Crippen LogP contribution >= 0.6 is 0 Å². The van der Waals surface area contributed by atoms with E-state index in [1.165, 1.54) is 27.8 Å². The van der Waals surface area contributed by atoms with Crippen molar-refractivity contribution < 1.29 is 0 Å². The SMILES string of the molecule is CC(C)(C)CC1(c2ccccc2)c2ccccc2-c2ccccc21. The fraction of sp³-hybridized carbons (Fsp3) is 0.250. The summed E-state index contributed by atoms with van der Waals surface area (Å²) in [5.41, 5.74) is 7.24. The third-order valence-corrected chi connectivity index (χ3v) is 5.13. The van der Waals surface area contributed by atoms with Gasteiger partial charge in [0.1, 0.15) is 0 Å². The van der Waals surface area contributed by atoms with Crippen molar-refractivity contribution in [3.63, 3.8) is 0 Å². The average Bonchev–Trinajstić information content (AvgIpc) is 2.86. The molecule has 0 saturated carbocycles. The highest BCUT2D eigenvalue weighted by atomic mass is 14.5. The molecule has 0 nitrogen and oxygen atoms in total. The zero-order chi connectivity index (χ0) is 16.8. The van der Waals surface area contributed by atoms with Gasteiger partial charge in [-0.3, -0.25) is 0 Å². The zero-order valence-electron chi connectivity index (χ0n) is 14.7. The highest BCUT2D eigenvalue weighted by molar-refractivity contribution is 5.83. The van der Waals surface area contributed by atoms with Crippen LogP contribution in [0.5, 0.6) is 0 Å². The first-order valence-electron chi connectivity index (χ1n) is 8.77. The van der Waals surface area contributed by atoms with E-state index >= 15 is 0 Å². The molecule has 0 radical (unpaired) electrons. The molecule has 0 fully saturated rings. The van der Waals surface area contributed by atoms with E-state index in [0.29, 0.717) is 0 Å². The van der Waals surface area contributed by atoms with Crippen molar-refractivity contribution in [2.24, 2.45) is 5.41 Å². The van der Waals surface area contributed by atoms with Crippen LogP contribution in [0, 0.1) is 5.41 Å². The second kappa shape index (κ2) is 5.34. The van der Waals surface area contributed by atoms with Crippen LogP contribution in [0.4, 0.5) is 0 Å². The Morgan fingerprint density at radius 2 is 1.08 bits per heavy atom. The topological polar surface area (TPSA) is 0 Å². The lowest BCUT2D eigenvalue weighted by Gasteiger charge is -2.38. The summed E-state index contributed by atoms with van der Waals surface area (Å²) >= 11 is 0. The van der Waals surface area contributed by atoms with E-state index in [2.05, 4.69) is 99.6 Å². The van der Waals surface area contributed by atoms with Crippen LogP contribution in [0.3, 0.4) is 0 Å². The fourth-order valence-electron chi connectivity index (χ4n) is 4.45. The molecule has 0 atom stereocenters. The molecule has 0 heteroatoms. The number of hydrogen-bond acceptors (Lipinski definition) is 0. The van der Waals surface area contributed by atoms with Gasteiger partial charge in [0, 0.05) is 5.41 Å². The van der Waals surface area contributed by atoms with Gasteiger partial charge in [-0.05, 0) is 39.7 Å². The monoisotopic (exact) mass is 312 g/mol. The van der Waals surface area contributed by atoms with E-state index in [-0.39, 0.29) is 10.8 Å². The van der Waals surface area contributed by atoms with Gasteiger partial charge in [-0.1, -0.05) is 99.6 Å². The van der Waals surface area contributed by atoms with Crippen molar-refractivity contribution in [1.82, 2.24) is 0 Å². The van der Waals surface area contributed by atoms with Crippen LogP contribution in [0.25, 0.3) is 11.1 Å². The summed E-state index contributed by atoms with van der Waals surface area (Å²) in [5.74, 6) is 0. The Kier molecular flexibility index (Phi) is 3.38. The van der Waals surface area contributed by atoms with Crippen molar-refractivity contribution in [3.05, 3.63) is 95.6 Å². The predicted octanol–water partition coefficient (Wildman–Crippen LogP) is 6.44. The van der Waals surface area contributed by atoms with Crippen LogP contribution in [0.15, 0.2) is 78.9 Å². The third-order valence-electron chi connectivity index (χ3n) is 5.13. The molecule has 0 bridgehead atoms. The molecule has 3 aromatic carbocycles. The second-order valence-electron chi connectivity index (χ2n) is 8.10. The normalized spacial score (nSPS) is 15.0. The second-order valence-corrected chi connectivity index (χ2v) is 8.10. The first kappa shape index (κ1) is 15.2. The third kappa shape index (κ3) is 2.21. The van der Waals surface area contributed by atoms with E-state index < -0.39 is 0 Å². The molecule has 4 rings (SSSR count). The van der Waals surface area contributed by atoms with Gasteiger partial charge in [-0.2, -0.15) is 0 Å². The Balaban J connectivity index is 2.10. The van der Waals surface area contributed by atoms with Gasteiger partial charge in [0.05, 0.1) is 0 Å². The molecule has 1 aliphatic carbocycles. The van der Waals surface area contributed by atoms with E-state index in [1.54, 1.807) is 0 Å². The molecule has 0 saturated heterocycles. The number of benzene rings is 3. The van der Waals surface area contributed by atoms with Gasteiger partial charge in [-0.15, -0.1) is 0 Å². The van der Waals surface area contributed by atoms with E-state index in [0.717, 1.165) is 6.42 Å². The van der Waals surface area contributed by atoms with Crippen molar-refractivity contribution >= 4 is 0 Å². The summed E-state index contributed by atoms with van der Waals surface area (Å²) in [4.78, 5) is 0. The summed E-state index contributed by atoms with van der Waals surface area (Å²) in [7, 11) is 0. The predicted molar refractivity (Wildman–Crippen MR) is 102 cm³/mol. The summed E-state index contributed by atoms with van der Waals surface area (Å²) in [5, 5.41) is 0. The summed E-state index contributed by atoms with van der Waals surface area (Å²) in [6.45, 7) is 7.05. The van der Waals surface area contributed by atoms with Gasteiger partial charge in [0.25, 0.3) is 0 Å². The summed E-state index contributed by atoms with van der Waals surface area (Å²) in [6.07, 6.45) is 1.10. The molecule has 0 spiro atoms. The molecular weight excluding hydrogens is 288 g/mol. The maximum absolute atomic E-state index is 2.35. The molecule has 0 amide bonds. The molecule has 0 aromatic heterocycles. The lowest BCUT2D eigenvalue weighted by molar-refractivity contribution is 0.317. The largest absolute Gasteiger partial charge is 0.0622 e. The lowest BCUT2D eigenvalue weighted by Crippen LogP contribution is -2.32. The van der Waals surface area contributed by atoms with Crippen LogP contribution < -0.4 is 0 Å². The molecule has 0 N–H and O–H groups in total. The fourth-order valence-corrected chi connectivity index (χ4v) is 4.45. The summed E-state index contributed by atoms with van der Waals surface area (Å²) < 4.78 is 0. The van der Waals surface area contributed by atoms with Gasteiger partial charge in [0.2, 0.25) is 0 Å². The van der Waals surface area contributed by atoms with Crippen molar-refractivity contribution in [2.45, 2.75) is 32.6 Å². The minimum Gasteiger partial charge on any atom is -0.0622 e. The summed E-state index contributed by atoms with van der Waals surface area (Å²) in [6, 6.07) is 29.0. The van der Waals surface area contributed by atoms with Crippen LogP contribution in [0.1, 0.15) is 43.9 Å². The molecule has 3 aromatic rings. The van der Waals surface area contributed by atoms with Crippen molar-refractivity contribution in [3.8, 4) is 11.1 Å². The molecular formula is C24H24. The Hall–Kier alpha value is -2.34. The minimum atomic E-state index is -0.0628. The molecule has 0 aliphatic heterocycles. The first-order chi connectivity index (χ1) is 11.5. The van der Waals surface area contributed by atoms with Crippen LogP contribution in [0.2, 0.25) is 0 Å². The Bertz CT molecular complexity index is 820. The molecule has 24 heavy (non-hydrogen) atoms. The molecule has 0 heterocycles. The quantitative estimate of drug-likeness (QED) is 0.511. The van der Waals surface area contributed by atoms with Gasteiger partial charge in [-0.25, -0.2) is 0 Å². The Morgan fingerprint density at radius 1 is 0.625 bits per heavy atom. The smallest absolute Gasteiger partial charge is 0.0468 e. The molecule has 120 valence electrons. The number of rotatable bonds is 2.